The number of carbonyl (C=O) groups is 1. The first-order chi connectivity index (χ1) is 6.81. The summed E-state index contributed by atoms with van der Waals surface area (Å²) < 4.78 is 10.3. The maximum atomic E-state index is 11.1. The molecule has 2 aliphatic heterocycles. The smallest absolute Gasteiger partial charge is 0.334 e. The molecule has 2 heterocycles. The first kappa shape index (κ1) is 9.71. The van der Waals surface area contributed by atoms with Gasteiger partial charge in [-0.15, -0.1) is 0 Å². The summed E-state index contributed by atoms with van der Waals surface area (Å²) in [5.74, 6) is -0.141. The number of cyclic esters (lactones) is 1. The normalized spacial score (nSPS) is 30.1. The lowest BCUT2D eigenvalue weighted by molar-refractivity contribution is -0.136. The predicted molar refractivity (Wildman–Crippen MR) is 51.8 cm³/mol. The van der Waals surface area contributed by atoms with Gasteiger partial charge in [0.25, 0.3) is 0 Å². The zero-order chi connectivity index (χ0) is 9.97. The van der Waals surface area contributed by atoms with Crippen molar-refractivity contribution >= 4 is 5.97 Å². The van der Waals surface area contributed by atoms with Crippen LogP contribution >= 0.6 is 0 Å². The Labute approximate surface area is 84.1 Å². The fourth-order valence-electron chi connectivity index (χ4n) is 1.87. The summed E-state index contributed by atoms with van der Waals surface area (Å²) >= 11 is 0. The number of hydrogen-bond acceptors (Lipinski definition) is 3. The van der Waals surface area contributed by atoms with Crippen molar-refractivity contribution in [2.45, 2.75) is 44.8 Å². The van der Waals surface area contributed by atoms with Crippen LogP contribution in [0.15, 0.2) is 11.6 Å². The van der Waals surface area contributed by atoms with Crippen LogP contribution in [0.5, 0.6) is 0 Å². The van der Waals surface area contributed by atoms with Gasteiger partial charge in [-0.25, -0.2) is 4.79 Å². The third-order valence-electron chi connectivity index (χ3n) is 2.77. The highest BCUT2D eigenvalue weighted by Gasteiger charge is 2.37. The molecule has 3 heteroatoms. The molecule has 0 amide bonds. The van der Waals surface area contributed by atoms with Gasteiger partial charge in [-0.05, 0) is 25.3 Å². The van der Waals surface area contributed by atoms with Crippen LogP contribution in [0, 0.1) is 0 Å². The summed E-state index contributed by atoms with van der Waals surface area (Å²) in [5.41, 5.74) is 0.829. The zero-order valence-corrected chi connectivity index (χ0v) is 8.49. The Morgan fingerprint density at radius 2 is 2.21 bits per heavy atom. The SMILES string of the molecule is CCCC1OC1CCC1=CCOC1=O. The molecule has 2 aliphatic rings. The molecule has 1 fully saturated rings. The van der Waals surface area contributed by atoms with E-state index in [0.717, 1.165) is 24.8 Å². The van der Waals surface area contributed by atoms with Crippen molar-refractivity contribution < 1.29 is 14.3 Å². The molecule has 2 unspecified atom stereocenters. The zero-order valence-electron chi connectivity index (χ0n) is 8.49. The Hall–Kier alpha value is -0.830. The Balaban J connectivity index is 1.67. The lowest BCUT2D eigenvalue weighted by atomic mass is 10.1. The van der Waals surface area contributed by atoms with E-state index in [1.54, 1.807) is 0 Å². The van der Waals surface area contributed by atoms with E-state index in [0.29, 0.717) is 18.8 Å². The van der Waals surface area contributed by atoms with Crippen LogP contribution in [0.2, 0.25) is 0 Å². The molecule has 0 bridgehead atoms. The van der Waals surface area contributed by atoms with E-state index in [-0.39, 0.29) is 5.97 Å². The van der Waals surface area contributed by atoms with Gasteiger partial charge in [0.15, 0.2) is 0 Å². The van der Waals surface area contributed by atoms with Crippen molar-refractivity contribution in [3.63, 3.8) is 0 Å². The molecular weight excluding hydrogens is 180 g/mol. The number of hydrogen-bond donors (Lipinski definition) is 0. The van der Waals surface area contributed by atoms with Crippen molar-refractivity contribution in [3.8, 4) is 0 Å². The Bertz CT molecular complexity index is 257. The van der Waals surface area contributed by atoms with E-state index in [1.165, 1.54) is 6.42 Å². The molecule has 0 aromatic heterocycles. The van der Waals surface area contributed by atoms with E-state index >= 15 is 0 Å². The van der Waals surface area contributed by atoms with Gasteiger partial charge in [0.2, 0.25) is 0 Å². The molecule has 0 aliphatic carbocycles. The molecule has 14 heavy (non-hydrogen) atoms. The summed E-state index contributed by atoms with van der Waals surface area (Å²) in [6.07, 6.45) is 6.82. The second-order valence-corrected chi connectivity index (χ2v) is 3.87. The Kier molecular flexibility index (Phi) is 2.87. The molecule has 0 radical (unpaired) electrons. The first-order valence-corrected chi connectivity index (χ1v) is 5.33. The monoisotopic (exact) mass is 196 g/mol. The van der Waals surface area contributed by atoms with E-state index in [2.05, 4.69) is 6.92 Å². The van der Waals surface area contributed by atoms with E-state index in [9.17, 15) is 4.79 Å². The largest absolute Gasteiger partial charge is 0.458 e. The summed E-state index contributed by atoms with van der Waals surface area (Å²) in [6, 6.07) is 0. The molecule has 0 aromatic carbocycles. The lowest BCUT2D eigenvalue weighted by Gasteiger charge is -1.96. The highest BCUT2D eigenvalue weighted by molar-refractivity contribution is 5.90. The highest BCUT2D eigenvalue weighted by atomic mass is 16.6. The van der Waals surface area contributed by atoms with Crippen LogP contribution in [0.4, 0.5) is 0 Å². The summed E-state index contributed by atoms with van der Waals surface area (Å²) in [4.78, 5) is 11.1. The minimum Gasteiger partial charge on any atom is -0.458 e. The average molecular weight is 196 g/mol. The lowest BCUT2D eigenvalue weighted by Crippen LogP contribution is -2.01. The van der Waals surface area contributed by atoms with Gasteiger partial charge in [0.05, 0.1) is 12.2 Å². The Morgan fingerprint density at radius 3 is 2.86 bits per heavy atom. The summed E-state index contributed by atoms with van der Waals surface area (Å²) in [7, 11) is 0. The number of esters is 1. The standard InChI is InChI=1S/C11H16O3/c1-2-3-9-10(14-9)5-4-8-6-7-13-11(8)12/h6,9-10H,2-5,7H2,1H3. The molecule has 3 nitrogen and oxygen atoms in total. The maximum absolute atomic E-state index is 11.1. The maximum Gasteiger partial charge on any atom is 0.334 e. The van der Waals surface area contributed by atoms with E-state index < -0.39 is 0 Å². The third-order valence-corrected chi connectivity index (χ3v) is 2.77. The fraction of sp³-hybridized carbons (Fsp3) is 0.727. The Morgan fingerprint density at radius 1 is 1.43 bits per heavy atom. The molecule has 2 atom stereocenters. The summed E-state index contributed by atoms with van der Waals surface area (Å²) in [6.45, 7) is 2.62. The molecule has 78 valence electrons. The van der Waals surface area contributed by atoms with Crippen molar-refractivity contribution in [2.75, 3.05) is 6.61 Å². The minimum atomic E-state index is -0.141. The molecular formula is C11H16O3. The molecule has 0 aromatic rings. The third kappa shape index (κ3) is 2.15. The van der Waals surface area contributed by atoms with Gasteiger partial charge in [-0.3, -0.25) is 0 Å². The van der Waals surface area contributed by atoms with Crippen LogP contribution in [0.3, 0.4) is 0 Å². The first-order valence-electron chi connectivity index (χ1n) is 5.33. The summed E-state index contributed by atoms with van der Waals surface area (Å²) in [5, 5.41) is 0. The molecule has 2 rings (SSSR count). The highest BCUT2D eigenvalue weighted by Crippen LogP contribution is 2.31. The molecule has 0 spiro atoms. The molecule has 0 saturated carbocycles. The van der Waals surface area contributed by atoms with Gasteiger partial charge in [-0.1, -0.05) is 13.3 Å². The van der Waals surface area contributed by atoms with Crippen LogP contribution in [-0.4, -0.2) is 24.8 Å². The van der Waals surface area contributed by atoms with Crippen molar-refractivity contribution in [2.24, 2.45) is 0 Å². The van der Waals surface area contributed by atoms with Gasteiger partial charge in [-0.2, -0.15) is 0 Å². The van der Waals surface area contributed by atoms with Crippen molar-refractivity contribution in [1.29, 1.82) is 0 Å². The number of carbonyl (C=O) groups excluding carboxylic acids is 1. The van der Waals surface area contributed by atoms with Gasteiger partial charge >= 0.3 is 5.97 Å². The minimum absolute atomic E-state index is 0.141. The van der Waals surface area contributed by atoms with Crippen molar-refractivity contribution in [1.82, 2.24) is 0 Å². The van der Waals surface area contributed by atoms with E-state index in [1.807, 2.05) is 6.08 Å². The number of ether oxygens (including phenoxy) is 2. The van der Waals surface area contributed by atoms with Crippen LogP contribution < -0.4 is 0 Å². The van der Waals surface area contributed by atoms with Crippen molar-refractivity contribution in [3.05, 3.63) is 11.6 Å². The average Bonchev–Trinajstić information content (AvgIpc) is 2.78. The van der Waals surface area contributed by atoms with Crippen LogP contribution in [0.25, 0.3) is 0 Å². The fourth-order valence-corrected chi connectivity index (χ4v) is 1.87. The van der Waals surface area contributed by atoms with Crippen LogP contribution in [-0.2, 0) is 14.3 Å². The molecule has 0 N–H and O–H groups in total. The van der Waals surface area contributed by atoms with E-state index in [4.69, 9.17) is 9.47 Å². The quantitative estimate of drug-likeness (QED) is 0.497. The second-order valence-electron chi connectivity index (χ2n) is 3.87. The van der Waals surface area contributed by atoms with Gasteiger partial charge in [0, 0.05) is 5.57 Å². The van der Waals surface area contributed by atoms with Gasteiger partial charge in [0.1, 0.15) is 6.61 Å². The number of rotatable bonds is 5. The molecule has 1 saturated heterocycles. The van der Waals surface area contributed by atoms with Crippen LogP contribution in [0.1, 0.15) is 32.6 Å². The number of epoxide rings is 1. The topological polar surface area (TPSA) is 38.8 Å². The predicted octanol–water partition coefficient (Wildman–Crippen LogP) is 1.82. The van der Waals surface area contributed by atoms with Gasteiger partial charge < -0.3 is 9.47 Å². The second kappa shape index (κ2) is 4.13.